The number of aromatic nitrogens is 2. The van der Waals surface area contributed by atoms with Crippen LogP contribution >= 0.6 is 0 Å². The van der Waals surface area contributed by atoms with Gasteiger partial charge in [-0.05, 0) is 46.6 Å². The molecule has 9 nitrogen and oxygen atoms in total. The Morgan fingerprint density at radius 1 is 1.16 bits per heavy atom. The lowest BCUT2D eigenvalue weighted by Crippen LogP contribution is -2.49. The minimum absolute atomic E-state index is 0.0683. The molecule has 2 fully saturated rings. The number of hydrogen-bond donors (Lipinski definition) is 0. The largest absolute Gasteiger partial charge is 0.376 e. The van der Waals surface area contributed by atoms with E-state index >= 15 is 0 Å². The van der Waals surface area contributed by atoms with E-state index in [0.29, 0.717) is 37.6 Å². The third-order valence-electron chi connectivity index (χ3n) is 6.55. The molecular weight excluding hydrogens is 432 g/mol. The molecule has 0 spiro atoms. The maximum atomic E-state index is 13.1. The number of rotatable bonds is 7. The van der Waals surface area contributed by atoms with Crippen molar-refractivity contribution in [2.45, 2.75) is 58.1 Å². The fourth-order valence-corrected chi connectivity index (χ4v) is 6.46. The highest BCUT2D eigenvalue weighted by Crippen LogP contribution is 2.25. The van der Waals surface area contributed by atoms with Crippen molar-refractivity contribution in [3.63, 3.8) is 0 Å². The van der Waals surface area contributed by atoms with Gasteiger partial charge in [-0.3, -0.25) is 9.69 Å². The third-order valence-corrected chi connectivity index (χ3v) is 8.69. The van der Waals surface area contributed by atoms with Gasteiger partial charge in [0, 0.05) is 56.3 Å². The first-order valence-electron chi connectivity index (χ1n) is 11.2. The molecule has 0 amide bonds. The predicted molar refractivity (Wildman–Crippen MR) is 118 cm³/mol. The molecule has 1 unspecified atom stereocenters. The van der Waals surface area contributed by atoms with E-state index in [1.54, 1.807) is 13.8 Å². The van der Waals surface area contributed by atoms with Crippen LogP contribution in [0.2, 0.25) is 0 Å². The van der Waals surface area contributed by atoms with Gasteiger partial charge in [0.2, 0.25) is 10.0 Å². The standard InChI is InChI=1S/C22H32N4O5S/c1-15-12-20(17(3)26(15)13-19-6-5-11-30-19)21(27)14-24-7-9-25(10-8-24)32(28,29)22-16(2)23-31-18(22)4/h12,19H,5-11,13-14H2,1-4H3. The normalized spacial score (nSPS) is 20.8. The fourth-order valence-electron chi connectivity index (χ4n) is 4.74. The molecule has 2 aromatic heterocycles. The zero-order valence-electron chi connectivity index (χ0n) is 19.3. The van der Waals surface area contributed by atoms with Crippen LogP contribution in [0, 0.1) is 27.7 Å². The number of carbonyl (C=O) groups is 1. The lowest BCUT2D eigenvalue weighted by molar-refractivity contribution is 0.0896. The summed E-state index contributed by atoms with van der Waals surface area (Å²) in [6.45, 7) is 10.8. The molecule has 2 aliphatic rings. The molecule has 0 aliphatic carbocycles. The zero-order chi connectivity index (χ0) is 23.0. The molecule has 10 heteroatoms. The topological polar surface area (TPSA) is 97.9 Å². The summed E-state index contributed by atoms with van der Waals surface area (Å²) in [4.78, 5) is 15.2. The number of sulfonamides is 1. The molecule has 0 N–H and O–H groups in total. The van der Waals surface area contributed by atoms with E-state index in [-0.39, 0.29) is 23.3 Å². The summed E-state index contributed by atoms with van der Waals surface area (Å²) in [5.74, 6) is 0.372. The Kier molecular flexibility index (Phi) is 6.58. The van der Waals surface area contributed by atoms with Gasteiger partial charge >= 0.3 is 0 Å². The monoisotopic (exact) mass is 464 g/mol. The lowest BCUT2D eigenvalue weighted by atomic mass is 10.1. The summed E-state index contributed by atoms with van der Waals surface area (Å²) in [6, 6.07) is 1.96. The fraction of sp³-hybridized carbons (Fsp3) is 0.636. The van der Waals surface area contributed by atoms with Gasteiger partial charge in [-0.2, -0.15) is 4.31 Å². The van der Waals surface area contributed by atoms with E-state index in [2.05, 4.69) is 9.72 Å². The zero-order valence-corrected chi connectivity index (χ0v) is 20.1. The van der Waals surface area contributed by atoms with Crippen LogP contribution in [0.4, 0.5) is 0 Å². The first-order valence-corrected chi connectivity index (χ1v) is 12.6. The minimum Gasteiger partial charge on any atom is -0.376 e. The third kappa shape index (κ3) is 4.41. The summed E-state index contributed by atoms with van der Waals surface area (Å²) >= 11 is 0. The lowest BCUT2D eigenvalue weighted by Gasteiger charge is -2.33. The van der Waals surface area contributed by atoms with E-state index in [0.717, 1.165) is 42.9 Å². The molecule has 4 rings (SSSR count). The van der Waals surface area contributed by atoms with Gasteiger partial charge in [0.05, 0.1) is 12.6 Å². The molecule has 32 heavy (non-hydrogen) atoms. The van der Waals surface area contributed by atoms with Crippen molar-refractivity contribution >= 4 is 15.8 Å². The van der Waals surface area contributed by atoms with E-state index < -0.39 is 10.0 Å². The molecule has 2 aromatic rings. The average molecular weight is 465 g/mol. The smallest absolute Gasteiger partial charge is 0.248 e. The molecule has 4 heterocycles. The van der Waals surface area contributed by atoms with Crippen molar-refractivity contribution in [2.24, 2.45) is 0 Å². The molecule has 1 atom stereocenters. The number of hydrogen-bond acceptors (Lipinski definition) is 7. The Morgan fingerprint density at radius 3 is 2.47 bits per heavy atom. The quantitative estimate of drug-likeness (QED) is 0.579. The minimum atomic E-state index is -3.65. The Hall–Kier alpha value is -2.01. The predicted octanol–water partition coefficient (Wildman–Crippen LogP) is 2.08. The van der Waals surface area contributed by atoms with Crippen molar-refractivity contribution in [3.8, 4) is 0 Å². The van der Waals surface area contributed by atoms with E-state index in [9.17, 15) is 13.2 Å². The summed E-state index contributed by atoms with van der Waals surface area (Å²) < 4.78 is 40.4. The van der Waals surface area contributed by atoms with Crippen LogP contribution in [-0.4, -0.2) is 78.6 Å². The Balaban J connectivity index is 1.38. The van der Waals surface area contributed by atoms with Crippen molar-refractivity contribution in [1.29, 1.82) is 0 Å². The Labute approximate surface area is 189 Å². The van der Waals surface area contributed by atoms with Crippen molar-refractivity contribution in [2.75, 3.05) is 39.3 Å². The summed E-state index contributed by atoms with van der Waals surface area (Å²) in [6.07, 6.45) is 2.37. The number of ether oxygens (including phenoxy) is 1. The summed E-state index contributed by atoms with van der Waals surface area (Å²) in [5.41, 5.74) is 3.16. The number of aryl methyl sites for hydroxylation is 3. The van der Waals surface area contributed by atoms with E-state index in [4.69, 9.17) is 9.26 Å². The van der Waals surface area contributed by atoms with Gasteiger partial charge < -0.3 is 13.8 Å². The molecule has 0 saturated carbocycles. The Bertz CT molecular complexity index is 1070. The highest BCUT2D eigenvalue weighted by atomic mass is 32.2. The van der Waals surface area contributed by atoms with Gasteiger partial charge in [-0.15, -0.1) is 0 Å². The molecular formula is C22H32N4O5S. The maximum Gasteiger partial charge on any atom is 0.248 e. The highest BCUT2D eigenvalue weighted by Gasteiger charge is 2.34. The van der Waals surface area contributed by atoms with Crippen LogP contribution in [0.25, 0.3) is 0 Å². The number of piperazine rings is 1. The molecule has 0 aromatic carbocycles. The van der Waals surface area contributed by atoms with Crippen molar-refractivity contribution in [1.82, 2.24) is 18.9 Å². The maximum absolute atomic E-state index is 13.1. The van der Waals surface area contributed by atoms with Gasteiger partial charge in [-0.25, -0.2) is 8.42 Å². The van der Waals surface area contributed by atoms with Gasteiger partial charge in [-0.1, -0.05) is 5.16 Å². The average Bonchev–Trinajstić information content (AvgIpc) is 3.45. The van der Waals surface area contributed by atoms with E-state index in [1.165, 1.54) is 4.31 Å². The number of Topliss-reactive ketones (excluding diaryl/α,β-unsaturated/α-hetero) is 1. The first-order chi connectivity index (χ1) is 15.2. The van der Waals surface area contributed by atoms with Crippen LogP contribution in [0.3, 0.4) is 0 Å². The highest BCUT2D eigenvalue weighted by molar-refractivity contribution is 7.89. The second-order valence-electron chi connectivity index (χ2n) is 8.79. The SMILES string of the molecule is Cc1noc(C)c1S(=O)(=O)N1CCN(CC(=O)c2cc(C)n(CC3CCCO3)c2C)CC1. The van der Waals surface area contributed by atoms with Crippen LogP contribution in [0.5, 0.6) is 0 Å². The second-order valence-corrected chi connectivity index (χ2v) is 10.7. The van der Waals surface area contributed by atoms with E-state index in [1.807, 2.05) is 24.8 Å². The van der Waals surface area contributed by atoms with Gasteiger partial charge in [0.25, 0.3) is 0 Å². The molecule has 2 saturated heterocycles. The number of nitrogens with zero attached hydrogens (tertiary/aromatic N) is 4. The van der Waals surface area contributed by atoms with Crippen LogP contribution in [0.15, 0.2) is 15.5 Å². The summed E-state index contributed by atoms with van der Waals surface area (Å²) in [5, 5.41) is 3.77. The van der Waals surface area contributed by atoms with Crippen LogP contribution in [0.1, 0.15) is 46.0 Å². The van der Waals surface area contributed by atoms with Gasteiger partial charge in [0.1, 0.15) is 10.6 Å². The number of carbonyl (C=O) groups excluding carboxylic acids is 1. The number of ketones is 1. The molecule has 0 radical (unpaired) electrons. The molecule has 0 bridgehead atoms. The van der Waals surface area contributed by atoms with Gasteiger partial charge in [0.15, 0.2) is 11.5 Å². The van der Waals surface area contributed by atoms with Crippen LogP contribution in [-0.2, 0) is 21.3 Å². The first kappa shape index (κ1) is 23.2. The molecule has 176 valence electrons. The second kappa shape index (κ2) is 9.09. The summed E-state index contributed by atoms with van der Waals surface area (Å²) in [7, 11) is -3.65. The Morgan fingerprint density at radius 2 is 1.88 bits per heavy atom. The molecule has 2 aliphatic heterocycles. The van der Waals surface area contributed by atoms with Crippen molar-refractivity contribution in [3.05, 3.63) is 34.5 Å². The van der Waals surface area contributed by atoms with Crippen LogP contribution < -0.4 is 0 Å². The van der Waals surface area contributed by atoms with Crippen molar-refractivity contribution < 1.29 is 22.5 Å².